The third kappa shape index (κ3) is 2.24. The molecule has 1 fully saturated rings. The number of rotatable bonds is 2. The minimum atomic E-state index is 0.618. The molecule has 1 heterocycles. The molecule has 2 unspecified atom stereocenters. The van der Waals surface area contributed by atoms with Gasteiger partial charge in [0.1, 0.15) is 0 Å². The SMILES string of the molecule is CCc1c[nH]c(=S)n1C1CC(C)CC(C)C1. The van der Waals surface area contributed by atoms with Crippen LogP contribution in [0.2, 0.25) is 0 Å². The van der Waals surface area contributed by atoms with E-state index >= 15 is 0 Å². The molecule has 0 aromatic carbocycles. The predicted octanol–water partition coefficient (Wildman–Crippen LogP) is 4.11. The van der Waals surface area contributed by atoms with E-state index in [0.29, 0.717) is 6.04 Å². The Bertz CT molecular complexity index is 394. The molecule has 0 bridgehead atoms. The van der Waals surface area contributed by atoms with E-state index in [9.17, 15) is 0 Å². The molecule has 0 radical (unpaired) electrons. The van der Waals surface area contributed by atoms with Crippen LogP contribution in [0.15, 0.2) is 6.20 Å². The quantitative estimate of drug-likeness (QED) is 0.769. The Morgan fingerprint density at radius 1 is 1.31 bits per heavy atom. The van der Waals surface area contributed by atoms with Gasteiger partial charge in [-0.15, -0.1) is 0 Å². The van der Waals surface area contributed by atoms with Gasteiger partial charge in [-0.2, -0.15) is 0 Å². The van der Waals surface area contributed by atoms with Crippen LogP contribution in [0.5, 0.6) is 0 Å². The summed E-state index contributed by atoms with van der Waals surface area (Å²) in [5.74, 6) is 1.66. The van der Waals surface area contributed by atoms with Gasteiger partial charge in [0.2, 0.25) is 0 Å². The zero-order chi connectivity index (χ0) is 11.7. The molecule has 1 aliphatic carbocycles. The number of nitrogens with zero attached hydrogens (tertiary/aromatic N) is 1. The Labute approximate surface area is 103 Å². The molecule has 3 heteroatoms. The van der Waals surface area contributed by atoms with Crippen molar-refractivity contribution in [3.05, 3.63) is 16.7 Å². The van der Waals surface area contributed by atoms with Crippen LogP contribution in [0, 0.1) is 16.6 Å². The minimum Gasteiger partial charge on any atom is -0.337 e. The first-order valence-corrected chi connectivity index (χ1v) is 6.81. The maximum absolute atomic E-state index is 5.40. The number of hydrogen-bond acceptors (Lipinski definition) is 1. The van der Waals surface area contributed by atoms with Crippen molar-refractivity contribution in [2.45, 2.75) is 52.5 Å². The monoisotopic (exact) mass is 238 g/mol. The Morgan fingerprint density at radius 3 is 2.50 bits per heavy atom. The first-order chi connectivity index (χ1) is 7.61. The van der Waals surface area contributed by atoms with Crippen molar-refractivity contribution in [1.82, 2.24) is 9.55 Å². The van der Waals surface area contributed by atoms with Crippen LogP contribution in [-0.4, -0.2) is 9.55 Å². The molecule has 1 aromatic rings. The minimum absolute atomic E-state index is 0.618. The molecular formula is C13H22N2S. The van der Waals surface area contributed by atoms with Crippen LogP contribution in [-0.2, 0) is 6.42 Å². The second kappa shape index (κ2) is 4.74. The summed E-state index contributed by atoms with van der Waals surface area (Å²) in [6.45, 7) is 6.93. The van der Waals surface area contributed by atoms with Crippen LogP contribution >= 0.6 is 12.2 Å². The van der Waals surface area contributed by atoms with Crippen molar-refractivity contribution in [1.29, 1.82) is 0 Å². The molecule has 1 aromatic heterocycles. The predicted molar refractivity (Wildman–Crippen MR) is 70.2 cm³/mol. The highest BCUT2D eigenvalue weighted by atomic mass is 32.1. The highest BCUT2D eigenvalue weighted by molar-refractivity contribution is 7.71. The van der Waals surface area contributed by atoms with Crippen molar-refractivity contribution >= 4 is 12.2 Å². The summed E-state index contributed by atoms with van der Waals surface area (Å²) >= 11 is 5.40. The van der Waals surface area contributed by atoms with Crippen molar-refractivity contribution in [3.8, 4) is 0 Å². The van der Waals surface area contributed by atoms with E-state index in [1.807, 2.05) is 0 Å². The molecule has 0 saturated heterocycles. The van der Waals surface area contributed by atoms with E-state index in [1.165, 1.54) is 25.0 Å². The molecule has 1 aliphatic rings. The molecule has 2 atom stereocenters. The number of aromatic nitrogens is 2. The molecule has 16 heavy (non-hydrogen) atoms. The molecule has 0 spiro atoms. The largest absolute Gasteiger partial charge is 0.337 e. The van der Waals surface area contributed by atoms with Gasteiger partial charge in [0.25, 0.3) is 0 Å². The Morgan fingerprint density at radius 2 is 1.94 bits per heavy atom. The normalized spacial score (nSPS) is 30.6. The van der Waals surface area contributed by atoms with Crippen molar-refractivity contribution < 1.29 is 0 Å². The van der Waals surface area contributed by atoms with Crippen LogP contribution < -0.4 is 0 Å². The summed E-state index contributed by atoms with van der Waals surface area (Å²) in [6, 6.07) is 0.618. The first-order valence-electron chi connectivity index (χ1n) is 6.40. The lowest BCUT2D eigenvalue weighted by Crippen LogP contribution is -2.23. The number of nitrogens with one attached hydrogen (secondary N) is 1. The van der Waals surface area contributed by atoms with E-state index in [2.05, 4.69) is 36.5 Å². The van der Waals surface area contributed by atoms with Crippen LogP contribution in [0.4, 0.5) is 0 Å². The average Bonchev–Trinajstić information content (AvgIpc) is 2.58. The number of hydrogen-bond donors (Lipinski definition) is 1. The molecule has 2 rings (SSSR count). The summed E-state index contributed by atoms with van der Waals surface area (Å²) < 4.78 is 3.27. The fourth-order valence-corrected chi connectivity index (χ4v) is 3.53. The smallest absolute Gasteiger partial charge is 0.177 e. The van der Waals surface area contributed by atoms with Gasteiger partial charge >= 0.3 is 0 Å². The second-order valence-electron chi connectivity index (χ2n) is 5.38. The zero-order valence-electron chi connectivity index (χ0n) is 10.5. The van der Waals surface area contributed by atoms with E-state index in [4.69, 9.17) is 12.2 Å². The Kier molecular flexibility index (Phi) is 3.53. The summed E-state index contributed by atoms with van der Waals surface area (Å²) in [7, 11) is 0. The third-order valence-electron chi connectivity index (χ3n) is 3.77. The van der Waals surface area contributed by atoms with Gasteiger partial charge in [-0.1, -0.05) is 20.8 Å². The molecular weight excluding hydrogens is 216 g/mol. The van der Waals surface area contributed by atoms with Crippen molar-refractivity contribution in [2.24, 2.45) is 11.8 Å². The lowest BCUT2D eigenvalue weighted by Gasteiger charge is -2.33. The Hall–Kier alpha value is -0.570. The summed E-state index contributed by atoms with van der Waals surface area (Å²) in [5.41, 5.74) is 1.36. The molecule has 90 valence electrons. The zero-order valence-corrected chi connectivity index (χ0v) is 11.3. The van der Waals surface area contributed by atoms with Crippen LogP contribution in [0.1, 0.15) is 51.8 Å². The van der Waals surface area contributed by atoms with Gasteiger partial charge in [0, 0.05) is 17.9 Å². The lowest BCUT2D eigenvalue weighted by atomic mass is 9.80. The van der Waals surface area contributed by atoms with Gasteiger partial charge in [-0.3, -0.25) is 0 Å². The molecule has 1 saturated carbocycles. The van der Waals surface area contributed by atoms with Gasteiger partial charge in [-0.05, 0) is 49.7 Å². The van der Waals surface area contributed by atoms with Gasteiger partial charge in [-0.25, -0.2) is 0 Å². The number of imidazole rings is 1. The average molecular weight is 238 g/mol. The number of aryl methyl sites for hydroxylation is 1. The third-order valence-corrected chi connectivity index (χ3v) is 4.09. The molecule has 0 aliphatic heterocycles. The summed E-state index contributed by atoms with van der Waals surface area (Å²) in [5, 5.41) is 0. The van der Waals surface area contributed by atoms with E-state index in [-0.39, 0.29) is 0 Å². The first kappa shape index (κ1) is 11.9. The fraction of sp³-hybridized carbons (Fsp3) is 0.769. The summed E-state index contributed by atoms with van der Waals surface area (Å²) in [4.78, 5) is 3.19. The van der Waals surface area contributed by atoms with E-state index in [0.717, 1.165) is 23.0 Å². The van der Waals surface area contributed by atoms with Gasteiger partial charge in [0.05, 0.1) is 0 Å². The van der Waals surface area contributed by atoms with Crippen molar-refractivity contribution in [2.75, 3.05) is 0 Å². The highest BCUT2D eigenvalue weighted by Gasteiger charge is 2.26. The fourth-order valence-electron chi connectivity index (χ4n) is 3.20. The van der Waals surface area contributed by atoms with Gasteiger partial charge < -0.3 is 9.55 Å². The lowest BCUT2D eigenvalue weighted by molar-refractivity contribution is 0.217. The summed E-state index contributed by atoms with van der Waals surface area (Å²) in [6.07, 6.45) is 7.07. The standard InChI is InChI=1S/C13H22N2S/c1-4-11-8-14-13(16)15(11)12-6-9(2)5-10(3)7-12/h8-10,12H,4-7H2,1-3H3,(H,14,16). The van der Waals surface area contributed by atoms with E-state index in [1.54, 1.807) is 0 Å². The number of H-pyrrole nitrogens is 1. The Balaban J connectivity index is 2.29. The van der Waals surface area contributed by atoms with E-state index < -0.39 is 0 Å². The van der Waals surface area contributed by atoms with Crippen LogP contribution in [0.3, 0.4) is 0 Å². The molecule has 2 nitrogen and oxygen atoms in total. The molecule has 1 N–H and O–H groups in total. The highest BCUT2D eigenvalue weighted by Crippen LogP contribution is 2.36. The van der Waals surface area contributed by atoms with Crippen LogP contribution in [0.25, 0.3) is 0 Å². The van der Waals surface area contributed by atoms with Crippen molar-refractivity contribution in [3.63, 3.8) is 0 Å². The maximum atomic E-state index is 5.40. The second-order valence-corrected chi connectivity index (χ2v) is 5.77. The maximum Gasteiger partial charge on any atom is 0.177 e. The topological polar surface area (TPSA) is 20.7 Å². The van der Waals surface area contributed by atoms with Gasteiger partial charge in [0.15, 0.2) is 4.77 Å². The molecule has 0 amide bonds. The number of aromatic amines is 1.